The lowest BCUT2D eigenvalue weighted by molar-refractivity contribution is -0.156. The molecular weight excluding hydrogens is 462 g/mol. The molecule has 0 spiro atoms. The van der Waals surface area contributed by atoms with E-state index in [0.717, 1.165) is 30.2 Å². The first-order valence-corrected chi connectivity index (χ1v) is 11.1. The minimum atomic E-state index is -4.14. The molecule has 33 heavy (non-hydrogen) atoms. The summed E-state index contributed by atoms with van der Waals surface area (Å²) in [5.74, 6) is -4.84. The summed E-state index contributed by atoms with van der Waals surface area (Å²) in [5, 5.41) is 38.7. The summed E-state index contributed by atoms with van der Waals surface area (Å²) in [5.41, 5.74) is -0.108. The minimum absolute atomic E-state index is 0.108. The van der Waals surface area contributed by atoms with Crippen molar-refractivity contribution in [1.82, 2.24) is 10.2 Å². The van der Waals surface area contributed by atoms with E-state index < -0.39 is 80.3 Å². The van der Waals surface area contributed by atoms with Gasteiger partial charge in [0.05, 0.1) is 19.6 Å². The number of aliphatic carboxylic acids is 1. The fraction of sp³-hybridized carbons (Fsp3) is 0.421. The Balaban J connectivity index is 1.73. The highest BCUT2D eigenvalue weighted by Crippen LogP contribution is 2.45. The van der Waals surface area contributed by atoms with E-state index in [0.29, 0.717) is 0 Å². The number of sulfone groups is 1. The highest BCUT2D eigenvalue weighted by Gasteiger charge is 2.69. The molecule has 3 rings (SSSR count). The molecule has 0 bridgehead atoms. The van der Waals surface area contributed by atoms with Crippen LogP contribution in [0.25, 0.3) is 0 Å². The average molecular weight is 483 g/mol. The smallest absolute Gasteiger partial charge is 0.328 e. The number of β-lactam (4-membered cyclic amide) rings is 1. The monoisotopic (exact) mass is 483 g/mol. The van der Waals surface area contributed by atoms with Crippen molar-refractivity contribution in [3.05, 3.63) is 23.8 Å². The van der Waals surface area contributed by atoms with Crippen LogP contribution in [-0.2, 0) is 24.2 Å². The van der Waals surface area contributed by atoms with Crippen LogP contribution in [0.1, 0.15) is 23.7 Å². The van der Waals surface area contributed by atoms with E-state index in [4.69, 9.17) is 0 Å². The number of nitrogens with zero attached hydrogens (tertiary/aromatic N) is 2. The third kappa shape index (κ3) is 3.91. The number of amides is 2. The van der Waals surface area contributed by atoms with Crippen LogP contribution < -0.4 is 5.32 Å². The van der Waals surface area contributed by atoms with E-state index in [1.807, 2.05) is 0 Å². The van der Waals surface area contributed by atoms with E-state index in [2.05, 4.69) is 10.3 Å². The first-order valence-electron chi connectivity index (χ1n) is 9.60. The molecule has 2 fully saturated rings. The van der Waals surface area contributed by atoms with Crippen LogP contribution in [0.5, 0.6) is 11.5 Å². The number of carboxylic acids is 1. The van der Waals surface area contributed by atoms with Gasteiger partial charge in [-0.25, -0.2) is 13.2 Å². The summed E-state index contributed by atoms with van der Waals surface area (Å²) in [6.07, 6.45) is 0.471. The molecule has 2 amide bonds. The molecule has 0 radical (unpaired) electrons. The minimum Gasteiger partial charge on any atom is -0.504 e. The van der Waals surface area contributed by atoms with Crippen LogP contribution in [0.3, 0.4) is 0 Å². The van der Waals surface area contributed by atoms with Crippen LogP contribution >= 0.6 is 0 Å². The molecule has 0 unspecified atom stereocenters. The molecule has 2 saturated heterocycles. The van der Waals surface area contributed by atoms with E-state index in [1.54, 1.807) is 0 Å². The number of aromatic hydroxyl groups is 2. The summed E-state index contributed by atoms with van der Waals surface area (Å²) < 4.78 is 23.5. The van der Waals surface area contributed by atoms with Crippen LogP contribution in [0, 0.1) is 0 Å². The fourth-order valence-corrected chi connectivity index (χ4v) is 6.00. The molecule has 2 heterocycles. The van der Waals surface area contributed by atoms with Crippen molar-refractivity contribution in [2.75, 3.05) is 13.2 Å². The largest absolute Gasteiger partial charge is 0.504 e. The summed E-state index contributed by atoms with van der Waals surface area (Å²) in [6.45, 7) is -0.409. The molecule has 4 atom stereocenters. The van der Waals surface area contributed by atoms with E-state index in [1.165, 1.54) is 6.07 Å². The van der Waals surface area contributed by atoms with Crippen molar-refractivity contribution in [3.63, 3.8) is 0 Å². The van der Waals surface area contributed by atoms with E-state index in [9.17, 15) is 48.0 Å². The van der Waals surface area contributed by atoms with E-state index >= 15 is 0 Å². The van der Waals surface area contributed by atoms with Gasteiger partial charge in [0.25, 0.3) is 5.91 Å². The Morgan fingerprint density at radius 3 is 2.52 bits per heavy atom. The number of aliphatic hydroxyl groups is 1. The van der Waals surface area contributed by atoms with Gasteiger partial charge in [-0.05, 0) is 25.1 Å². The Labute approximate surface area is 187 Å². The number of rotatable bonds is 8. The second kappa shape index (κ2) is 8.44. The van der Waals surface area contributed by atoms with Crippen molar-refractivity contribution in [2.45, 2.75) is 35.5 Å². The van der Waals surface area contributed by atoms with Crippen LogP contribution in [0.15, 0.2) is 23.2 Å². The third-order valence-electron chi connectivity index (χ3n) is 5.68. The fourth-order valence-electron chi connectivity index (χ4n) is 3.77. The van der Waals surface area contributed by atoms with Crippen molar-refractivity contribution >= 4 is 39.6 Å². The SMILES string of the molecule is C[C@]1(C=NCC(=O)[C@H](CO)NC(=O)c2ccc(O)c(O)c2)[C@H](C(=O)O)N2C(=O)C[C@H]2S1(=O)=O. The van der Waals surface area contributed by atoms with Gasteiger partial charge in [0.1, 0.15) is 16.2 Å². The number of carbonyl (C=O) groups is 4. The lowest BCUT2D eigenvalue weighted by atomic mass is 9.97. The number of phenols is 2. The maximum atomic E-state index is 12.8. The highest BCUT2D eigenvalue weighted by molar-refractivity contribution is 7.94. The molecule has 14 heteroatoms. The number of fused-ring (bicyclic) bond motifs is 1. The van der Waals surface area contributed by atoms with Gasteiger partial charge < -0.3 is 30.6 Å². The van der Waals surface area contributed by atoms with Gasteiger partial charge in [-0.2, -0.15) is 0 Å². The number of nitrogens with one attached hydrogen (secondary N) is 1. The normalized spacial score (nSPS) is 26.5. The number of aliphatic imine (C=N–C) groups is 1. The maximum Gasteiger partial charge on any atom is 0.328 e. The zero-order valence-electron chi connectivity index (χ0n) is 17.2. The quantitative estimate of drug-likeness (QED) is 0.156. The van der Waals surface area contributed by atoms with Gasteiger partial charge in [0.2, 0.25) is 5.91 Å². The van der Waals surface area contributed by atoms with Gasteiger partial charge in [0, 0.05) is 11.8 Å². The van der Waals surface area contributed by atoms with Crippen molar-refractivity contribution < 1.29 is 48.0 Å². The summed E-state index contributed by atoms with van der Waals surface area (Å²) in [4.78, 5) is 52.6. The number of phenolic OH excluding ortho intramolecular Hbond substituents is 2. The van der Waals surface area contributed by atoms with Crippen molar-refractivity contribution in [3.8, 4) is 11.5 Å². The third-order valence-corrected chi connectivity index (χ3v) is 8.35. The van der Waals surface area contributed by atoms with Gasteiger partial charge in [-0.1, -0.05) is 0 Å². The molecule has 13 nitrogen and oxygen atoms in total. The topological polar surface area (TPSA) is 211 Å². The molecule has 2 aliphatic rings. The average Bonchev–Trinajstić information content (AvgIpc) is 2.88. The van der Waals surface area contributed by atoms with Gasteiger partial charge >= 0.3 is 5.97 Å². The van der Waals surface area contributed by atoms with Gasteiger partial charge in [-0.3, -0.25) is 19.4 Å². The number of benzene rings is 1. The standard InChI is InChI=1S/C19H21N3O10S/c1-19(16(18(29)30)22-14(27)5-15(22)33(19,31)32)8-20-6-13(26)10(7-23)21-17(28)9-2-3-11(24)12(25)4-9/h2-4,8,10,15-16,23-25H,5-7H2,1H3,(H,21,28)(H,29,30)/t10-,15+,16-,19-/m0/s1. The molecule has 0 aromatic heterocycles. The lowest BCUT2D eigenvalue weighted by Gasteiger charge is -2.35. The van der Waals surface area contributed by atoms with Crippen molar-refractivity contribution in [2.24, 2.45) is 4.99 Å². The van der Waals surface area contributed by atoms with Crippen LogP contribution in [0.2, 0.25) is 0 Å². The van der Waals surface area contributed by atoms with Gasteiger partial charge in [0.15, 0.2) is 33.2 Å². The number of carboxylic acid groups (broad SMARTS) is 1. The Morgan fingerprint density at radius 2 is 1.97 bits per heavy atom. The molecule has 1 aromatic carbocycles. The number of hydrogen-bond acceptors (Lipinski definition) is 10. The summed E-state index contributed by atoms with van der Waals surface area (Å²) in [7, 11) is -4.14. The lowest BCUT2D eigenvalue weighted by Crippen LogP contribution is -2.57. The zero-order chi connectivity index (χ0) is 24.7. The second-order valence-electron chi connectivity index (χ2n) is 7.78. The molecular formula is C19H21N3O10S. The predicted octanol–water partition coefficient (Wildman–Crippen LogP) is -1.97. The Bertz CT molecular complexity index is 1160. The molecule has 1 aromatic rings. The van der Waals surface area contributed by atoms with Crippen LogP contribution in [0.4, 0.5) is 0 Å². The Hall–Kier alpha value is -3.52. The zero-order valence-corrected chi connectivity index (χ0v) is 18.0. The number of Topliss-reactive ketones (excluding diaryl/α,β-unsaturated/α-hetero) is 1. The predicted molar refractivity (Wildman–Crippen MR) is 110 cm³/mol. The highest BCUT2D eigenvalue weighted by atomic mass is 32.2. The number of ketones is 1. The van der Waals surface area contributed by atoms with Crippen LogP contribution in [-0.4, -0.2) is 98.9 Å². The maximum absolute atomic E-state index is 12.8. The molecule has 0 saturated carbocycles. The van der Waals surface area contributed by atoms with Crippen molar-refractivity contribution in [1.29, 1.82) is 0 Å². The second-order valence-corrected chi connectivity index (χ2v) is 10.3. The number of aliphatic hydroxyl groups excluding tert-OH is 1. The Morgan fingerprint density at radius 1 is 1.30 bits per heavy atom. The number of hydrogen-bond donors (Lipinski definition) is 5. The van der Waals surface area contributed by atoms with E-state index in [-0.39, 0.29) is 12.0 Å². The summed E-state index contributed by atoms with van der Waals surface area (Å²) >= 11 is 0. The molecule has 2 aliphatic heterocycles. The summed E-state index contributed by atoms with van der Waals surface area (Å²) in [6, 6.07) is 0.0348. The molecule has 178 valence electrons. The molecule has 5 N–H and O–H groups in total. The van der Waals surface area contributed by atoms with Gasteiger partial charge in [-0.15, -0.1) is 0 Å². The first-order chi connectivity index (χ1) is 15.3. The number of carbonyl (C=O) groups excluding carboxylic acids is 3. The Kier molecular flexibility index (Phi) is 6.17. The molecule has 0 aliphatic carbocycles. The first kappa shape index (κ1) is 24.1.